The lowest BCUT2D eigenvalue weighted by molar-refractivity contribution is -0.156. The molecule has 1 saturated heterocycles. The van der Waals surface area contributed by atoms with E-state index in [1.807, 2.05) is 0 Å². The van der Waals surface area contributed by atoms with Crippen LogP contribution in [0.3, 0.4) is 0 Å². The number of carbonyl (C=O) groups is 3. The van der Waals surface area contributed by atoms with Crippen LogP contribution in [0.25, 0.3) is 0 Å². The molecule has 1 N–H and O–H groups in total. The quantitative estimate of drug-likeness (QED) is 0.598. The first-order chi connectivity index (χ1) is 12.1. The van der Waals surface area contributed by atoms with E-state index in [-0.39, 0.29) is 11.4 Å². The second kappa shape index (κ2) is 6.36. The van der Waals surface area contributed by atoms with Gasteiger partial charge >= 0.3 is 11.9 Å². The van der Waals surface area contributed by atoms with Crippen molar-refractivity contribution in [3.05, 3.63) is 46.6 Å². The molecule has 0 aromatic carbocycles. The van der Waals surface area contributed by atoms with Gasteiger partial charge in [-0.25, -0.2) is 9.59 Å². The summed E-state index contributed by atoms with van der Waals surface area (Å²) in [4.78, 5) is 36.7. The van der Waals surface area contributed by atoms with Crippen LogP contribution in [0.4, 0.5) is 0 Å². The lowest BCUT2D eigenvalue weighted by atomic mass is 9.81. The first kappa shape index (κ1) is 18.3. The summed E-state index contributed by atoms with van der Waals surface area (Å²) in [6, 6.07) is 0. The van der Waals surface area contributed by atoms with Crippen molar-refractivity contribution < 1.29 is 29.0 Å². The zero-order valence-electron chi connectivity index (χ0n) is 15.2. The van der Waals surface area contributed by atoms with Crippen LogP contribution in [-0.2, 0) is 23.9 Å². The van der Waals surface area contributed by atoms with Gasteiger partial charge < -0.3 is 14.6 Å². The molecule has 0 spiro atoms. The molecule has 26 heavy (non-hydrogen) atoms. The largest absolute Gasteiger partial charge is 0.454 e. The van der Waals surface area contributed by atoms with Gasteiger partial charge in [0.1, 0.15) is 0 Å². The van der Waals surface area contributed by atoms with E-state index >= 15 is 0 Å². The van der Waals surface area contributed by atoms with Crippen LogP contribution >= 0.6 is 0 Å². The van der Waals surface area contributed by atoms with Crippen LogP contribution in [-0.4, -0.2) is 41.1 Å². The Morgan fingerprint density at radius 2 is 1.96 bits per heavy atom. The molecule has 0 unspecified atom stereocenters. The average Bonchev–Trinajstić information content (AvgIpc) is 2.96. The zero-order valence-corrected chi connectivity index (χ0v) is 15.2. The summed E-state index contributed by atoms with van der Waals surface area (Å²) in [5, 5.41) is 10.9. The van der Waals surface area contributed by atoms with Crippen LogP contribution in [0.2, 0.25) is 0 Å². The zero-order chi connectivity index (χ0) is 19.3. The van der Waals surface area contributed by atoms with Crippen molar-refractivity contribution in [3.8, 4) is 0 Å². The Hall–Kier alpha value is -2.47. The summed E-state index contributed by atoms with van der Waals surface area (Å²) >= 11 is 0. The summed E-state index contributed by atoms with van der Waals surface area (Å²) < 4.78 is 11.0. The summed E-state index contributed by atoms with van der Waals surface area (Å²) in [5.41, 5.74) is 2.50. The van der Waals surface area contributed by atoms with Gasteiger partial charge in [0.25, 0.3) is 0 Å². The van der Waals surface area contributed by atoms with E-state index < -0.39 is 42.1 Å². The van der Waals surface area contributed by atoms with Gasteiger partial charge in [0, 0.05) is 23.1 Å². The van der Waals surface area contributed by atoms with Crippen LogP contribution in [0.5, 0.6) is 0 Å². The Bertz CT molecular complexity index is 808. The molecule has 3 aliphatic rings. The van der Waals surface area contributed by atoms with Crippen molar-refractivity contribution in [1.82, 2.24) is 0 Å². The van der Waals surface area contributed by atoms with Gasteiger partial charge in [-0.1, -0.05) is 17.7 Å². The van der Waals surface area contributed by atoms with Crippen LogP contribution < -0.4 is 0 Å². The SMILES string of the molecule is C=C1C(=O)O[C@H]2[C@H]1[C@@H](O)[C@H]1C(C)=CC(=O)C1=C(C)[C@H]2OC(=O)C=C(C)C. The first-order valence-corrected chi connectivity index (χ1v) is 8.50. The number of allylic oxidation sites excluding steroid dienone is 2. The van der Waals surface area contributed by atoms with Gasteiger partial charge in [0.2, 0.25) is 0 Å². The number of fused-ring (bicyclic) bond motifs is 2. The molecule has 3 rings (SSSR count). The Kier molecular flexibility index (Phi) is 4.48. The summed E-state index contributed by atoms with van der Waals surface area (Å²) in [6.07, 6.45) is -0.110. The molecule has 2 aliphatic carbocycles. The maximum absolute atomic E-state index is 12.5. The highest BCUT2D eigenvalue weighted by Gasteiger charge is 2.55. The third-order valence-electron chi connectivity index (χ3n) is 5.20. The normalized spacial score (nSPS) is 33.2. The summed E-state index contributed by atoms with van der Waals surface area (Å²) in [7, 11) is 0. The molecule has 0 aromatic rings. The molecule has 0 bridgehead atoms. The second-order valence-electron chi connectivity index (χ2n) is 7.32. The number of aliphatic hydroxyl groups excluding tert-OH is 1. The van der Waals surface area contributed by atoms with Gasteiger partial charge in [0.05, 0.1) is 12.0 Å². The van der Waals surface area contributed by atoms with E-state index in [2.05, 4.69) is 6.58 Å². The molecule has 1 heterocycles. The fourth-order valence-electron chi connectivity index (χ4n) is 4.05. The summed E-state index contributed by atoms with van der Waals surface area (Å²) in [5.74, 6) is -2.74. The van der Waals surface area contributed by atoms with Crippen molar-refractivity contribution in [1.29, 1.82) is 0 Å². The smallest absolute Gasteiger partial charge is 0.334 e. The molecule has 138 valence electrons. The highest BCUT2D eigenvalue weighted by molar-refractivity contribution is 6.09. The third kappa shape index (κ3) is 2.74. The van der Waals surface area contributed by atoms with Crippen molar-refractivity contribution in [2.75, 3.05) is 0 Å². The van der Waals surface area contributed by atoms with Crippen LogP contribution in [0.15, 0.2) is 46.6 Å². The molecular formula is C20H22O6. The standard InChI is InChI=1S/C20H22O6/c1-8(2)6-13(22)25-18-10(4)15-12(21)7-9(3)14(15)17(23)16-11(5)20(24)26-19(16)18/h6-7,14,16-19,23H,5H2,1-4H3/t14-,16+,17-,18+,19-/m0/s1. The van der Waals surface area contributed by atoms with Crippen LogP contribution in [0.1, 0.15) is 27.7 Å². The monoisotopic (exact) mass is 358 g/mol. The highest BCUT2D eigenvalue weighted by atomic mass is 16.6. The maximum Gasteiger partial charge on any atom is 0.334 e. The molecule has 0 radical (unpaired) electrons. The molecule has 0 aromatic heterocycles. The van der Waals surface area contributed by atoms with Gasteiger partial charge in [-0.15, -0.1) is 0 Å². The molecule has 1 fully saturated rings. The lowest BCUT2D eigenvalue weighted by Gasteiger charge is -2.28. The minimum atomic E-state index is -1.06. The molecular weight excluding hydrogens is 336 g/mol. The van der Waals surface area contributed by atoms with E-state index in [1.165, 1.54) is 12.2 Å². The Labute approximate surface area is 151 Å². The molecule has 0 saturated carbocycles. The number of hydrogen-bond donors (Lipinski definition) is 1. The van der Waals surface area contributed by atoms with Crippen molar-refractivity contribution in [2.45, 2.75) is 46.0 Å². The van der Waals surface area contributed by atoms with E-state index in [4.69, 9.17) is 9.47 Å². The number of carbonyl (C=O) groups excluding carboxylic acids is 3. The van der Waals surface area contributed by atoms with Gasteiger partial charge in [0.15, 0.2) is 18.0 Å². The fraction of sp³-hybridized carbons (Fsp3) is 0.450. The predicted octanol–water partition coefficient (Wildman–Crippen LogP) is 1.80. The predicted molar refractivity (Wildman–Crippen MR) is 92.8 cm³/mol. The minimum Gasteiger partial charge on any atom is -0.454 e. The van der Waals surface area contributed by atoms with Crippen LogP contribution in [0, 0.1) is 11.8 Å². The Morgan fingerprint density at radius 3 is 2.58 bits per heavy atom. The molecule has 6 nitrogen and oxygen atoms in total. The Balaban J connectivity index is 2.11. The number of aliphatic hydroxyl groups is 1. The van der Waals surface area contributed by atoms with Crippen molar-refractivity contribution in [3.63, 3.8) is 0 Å². The molecule has 1 aliphatic heterocycles. The number of esters is 2. The van der Waals surface area contributed by atoms with Crippen molar-refractivity contribution >= 4 is 17.7 Å². The lowest BCUT2D eigenvalue weighted by Crippen LogP contribution is -2.40. The van der Waals surface area contributed by atoms with Gasteiger partial charge in [-0.05, 0) is 39.3 Å². The molecule has 6 heteroatoms. The number of hydrogen-bond acceptors (Lipinski definition) is 6. The maximum atomic E-state index is 12.5. The number of rotatable bonds is 2. The van der Waals surface area contributed by atoms with Gasteiger partial charge in [-0.2, -0.15) is 0 Å². The highest BCUT2D eigenvalue weighted by Crippen LogP contribution is 2.47. The fourth-order valence-corrected chi connectivity index (χ4v) is 4.05. The number of ketones is 1. The third-order valence-corrected chi connectivity index (χ3v) is 5.20. The van der Waals surface area contributed by atoms with E-state index in [1.54, 1.807) is 27.7 Å². The number of ether oxygens (including phenoxy) is 2. The second-order valence-corrected chi connectivity index (χ2v) is 7.32. The van der Waals surface area contributed by atoms with E-state index in [0.29, 0.717) is 16.7 Å². The van der Waals surface area contributed by atoms with Gasteiger partial charge in [-0.3, -0.25) is 4.79 Å². The Morgan fingerprint density at radius 1 is 1.31 bits per heavy atom. The average molecular weight is 358 g/mol. The van der Waals surface area contributed by atoms with E-state index in [9.17, 15) is 19.5 Å². The molecule has 0 amide bonds. The minimum absolute atomic E-state index is 0.131. The van der Waals surface area contributed by atoms with Crippen molar-refractivity contribution in [2.24, 2.45) is 11.8 Å². The summed E-state index contributed by atoms with van der Waals surface area (Å²) in [6.45, 7) is 10.7. The first-order valence-electron chi connectivity index (χ1n) is 8.50. The molecule has 5 atom stereocenters. The topological polar surface area (TPSA) is 89.9 Å². The van der Waals surface area contributed by atoms with E-state index in [0.717, 1.165) is 5.57 Å².